The lowest BCUT2D eigenvalue weighted by atomic mass is 10.1. The molecular formula is C15H19N3O2. The Balaban J connectivity index is 2.18. The number of para-hydroxylation sites is 1. The van der Waals surface area contributed by atoms with E-state index in [0.717, 1.165) is 5.69 Å². The van der Waals surface area contributed by atoms with Crippen molar-refractivity contribution in [2.24, 2.45) is 5.92 Å². The summed E-state index contributed by atoms with van der Waals surface area (Å²) < 4.78 is 1.74. The molecule has 0 radical (unpaired) electrons. The van der Waals surface area contributed by atoms with Crippen LogP contribution in [0.4, 0.5) is 0 Å². The van der Waals surface area contributed by atoms with Gasteiger partial charge >= 0.3 is 0 Å². The predicted octanol–water partition coefficient (Wildman–Crippen LogP) is 1.62. The van der Waals surface area contributed by atoms with E-state index < -0.39 is 0 Å². The maximum atomic E-state index is 12.3. The third-order valence-electron chi connectivity index (χ3n) is 3.41. The van der Waals surface area contributed by atoms with E-state index in [9.17, 15) is 4.79 Å². The molecule has 2 rings (SSSR count). The van der Waals surface area contributed by atoms with Crippen LogP contribution in [0.25, 0.3) is 5.69 Å². The molecule has 0 spiro atoms. The molecule has 5 heteroatoms. The lowest BCUT2D eigenvalue weighted by Gasteiger charge is -2.19. The Bertz CT molecular complexity index is 566. The fraction of sp³-hybridized carbons (Fsp3) is 0.333. The van der Waals surface area contributed by atoms with Crippen LogP contribution in [-0.2, 0) is 0 Å². The van der Waals surface area contributed by atoms with Crippen LogP contribution < -0.4 is 5.32 Å². The number of amides is 1. The molecular weight excluding hydrogens is 254 g/mol. The zero-order valence-corrected chi connectivity index (χ0v) is 11.7. The van der Waals surface area contributed by atoms with Gasteiger partial charge in [-0.3, -0.25) is 9.36 Å². The van der Waals surface area contributed by atoms with Crippen LogP contribution in [0.15, 0.2) is 42.9 Å². The Hall–Kier alpha value is -2.14. The first-order valence-electron chi connectivity index (χ1n) is 6.63. The van der Waals surface area contributed by atoms with Gasteiger partial charge in [-0.05, 0) is 25.0 Å². The molecule has 0 saturated carbocycles. The molecule has 0 bridgehead atoms. The number of hydrogen-bond donors (Lipinski definition) is 2. The first-order valence-corrected chi connectivity index (χ1v) is 6.63. The summed E-state index contributed by atoms with van der Waals surface area (Å²) in [6.45, 7) is 3.81. The monoisotopic (exact) mass is 273 g/mol. The maximum Gasteiger partial charge on any atom is 0.270 e. The van der Waals surface area contributed by atoms with Gasteiger partial charge in [0.1, 0.15) is 5.69 Å². The Morgan fingerprint density at radius 1 is 1.35 bits per heavy atom. The number of aliphatic hydroxyl groups excluding tert-OH is 1. The standard InChI is InChI=1S/C15H19N3O2/c1-11(9-19)12(2)17-15(20)14-8-16-10-18(14)13-6-4-3-5-7-13/h3-8,10-12,19H,9H2,1-2H3,(H,17,20). The third-order valence-corrected chi connectivity index (χ3v) is 3.41. The van der Waals surface area contributed by atoms with Crippen molar-refractivity contribution < 1.29 is 9.90 Å². The summed E-state index contributed by atoms with van der Waals surface area (Å²) in [5.74, 6) is -0.189. The Kier molecular flexibility index (Phi) is 4.53. The van der Waals surface area contributed by atoms with Crippen LogP contribution in [0.2, 0.25) is 0 Å². The Morgan fingerprint density at radius 3 is 2.70 bits per heavy atom. The van der Waals surface area contributed by atoms with E-state index in [4.69, 9.17) is 5.11 Å². The van der Waals surface area contributed by atoms with Gasteiger partial charge in [-0.1, -0.05) is 25.1 Å². The molecule has 0 aliphatic rings. The molecule has 0 aliphatic heterocycles. The highest BCUT2D eigenvalue weighted by Gasteiger charge is 2.18. The zero-order valence-electron chi connectivity index (χ0n) is 11.7. The quantitative estimate of drug-likeness (QED) is 0.870. The topological polar surface area (TPSA) is 67.2 Å². The Morgan fingerprint density at radius 2 is 2.05 bits per heavy atom. The van der Waals surface area contributed by atoms with E-state index in [-0.39, 0.29) is 24.5 Å². The smallest absolute Gasteiger partial charge is 0.270 e. The summed E-state index contributed by atoms with van der Waals surface area (Å²) in [7, 11) is 0. The predicted molar refractivity (Wildman–Crippen MR) is 76.7 cm³/mol. The van der Waals surface area contributed by atoms with E-state index >= 15 is 0 Å². The summed E-state index contributed by atoms with van der Waals surface area (Å²) in [5.41, 5.74) is 1.37. The molecule has 2 N–H and O–H groups in total. The van der Waals surface area contributed by atoms with Gasteiger partial charge in [-0.25, -0.2) is 4.98 Å². The van der Waals surface area contributed by atoms with Gasteiger partial charge in [0, 0.05) is 18.3 Å². The number of nitrogens with zero attached hydrogens (tertiary/aromatic N) is 2. The van der Waals surface area contributed by atoms with Gasteiger partial charge in [0.15, 0.2) is 0 Å². The number of hydrogen-bond acceptors (Lipinski definition) is 3. The number of aromatic nitrogens is 2. The number of aliphatic hydroxyl groups is 1. The summed E-state index contributed by atoms with van der Waals surface area (Å²) in [5, 5.41) is 12.0. The maximum absolute atomic E-state index is 12.3. The molecule has 2 unspecified atom stereocenters. The highest BCUT2D eigenvalue weighted by molar-refractivity contribution is 5.93. The first-order chi connectivity index (χ1) is 9.63. The highest BCUT2D eigenvalue weighted by atomic mass is 16.3. The summed E-state index contributed by atoms with van der Waals surface area (Å²) in [6.07, 6.45) is 3.16. The highest BCUT2D eigenvalue weighted by Crippen LogP contribution is 2.11. The molecule has 1 heterocycles. The molecule has 1 aromatic carbocycles. The minimum absolute atomic E-state index is 0.00652. The van der Waals surface area contributed by atoms with Crippen molar-refractivity contribution in [3.05, 3.63) is 48.5 Å². The minimum Gasteiger partial charge on any atom is -0.396 e. The van der Waals surface area contributed by atoms with Crippen LogP contribution in [0.1, 0.15) is 24.3 Å². The fourth-order valence-corrected chi connectivity index (χ4v) is 1.84. The number of imidazole rings is 1. The van der Waals surface area contributed by atoms with E-state index in [2.05, 4.69) is 10.3 Å². The van der Waals surface area contributed by atoms with Crippen LogP contribution in [0.5, 0.6) is 0 Å². The van der Waals surface area contributed by atoms with Crippen molar-refractivity contribution in [3.63, 3.8) is 0 Å². The Labute approximate surface area is 118 Å². The average molecular weight is 273 g/mol. The lowest BCUT2D eigenvalue weighted by molar-refractivity contribution is 0.0909. The number of nitrogens with one attached hydrogen (secondary N) is 1. The lowest BCUT2D eigenvalue weighted by Crippen LogP contribution is -2.39. The fourth-order valence-electron chi connectivity index (χ4n) is 1.84. The van der Waals surface area contributed by atoms with Crippen molar-refractivity contribution in [1.29, 1.82) is 0 Å². The number of carbonyl (C=O) groups is 1. The minimum atomic E-state index is -0.195. The van der Waals surface area contributed by atoms with Gasteiger partial charge in [0.2, 0.25) is 0 Å². The van der Waals surface area contributed by atoms with Crippen molar-refractivity contribution in [1.82, 2.24) is 14.9 Å². The van der Waals surface area contributed by atoms with E-state index in [1.54, 1.807) is 17.1 Å². The number of rotatable bonds is 5. The van der Waals surface area contributed by atoms with Crippen molar-refractivity contribution in [3.8, 4) is 5.69 Å². The second-order valence-electron chi connectivity index (χ2n) is 4.91. The van der Waals surface area contributed by atoms with E-state index in [1.807, 2.05) is 44.2 Å². The molecule has 20 heavy (non-hydrogen) atoms. The van der Waals surface area contributed by atoms with Crippen LogP contribution >= 0.6 is 0 Å². The normalized spacial score (nSPS) is 13.8. The number of carbonyl (C=O) groups excluding carboxylic acids is 1. The molecule has 5 nitrogen and oxygen atoms in total. The SMILES string of the molecule is CC(CO)C(C)NC(=O)c1cncn1-c1ccccc1. The van der Waals surface area contributed by atoms with E-state index in [0.29, 0.717) is 5.69 Å². The van der Waals surface area contributed by atoms with Crippen LogP contribution in [0, 0.1) is 5.92 Å². The molecule has 1 aromatic heterocycles. The largest absolute Gasteiger partial charge is 0.396 e. The van der Waals surface area contributed by atoms with Gasteiger partial charge in [0.05, 0.1) is 12.5 Å². The van der Waals surface area contributed by atoms with Gasteiger partial charge < -0.3 is 10.4 Å². The molecule has 2 atom stereocenters. The second kappa shape index (κ2) is 6.34. The van der Waals surface area contributed by atoms with Crippen molar-refractivity contribution >= 4 is 5.91 Å². The molecule has 1 amide bonds. The average Bonchev–Trinajstić information content (AvgIpc) is 2.96. The number of benzene rings is 1. The molecule has 0 saturated heterocycles. The van der Waals surface area contributed by atoms with Crippen LogP contribution in [-0.4, -0.2) is 33.2 Å². The van der Waals surface area contributed by atoms with E-state index in [1.165, 1.54) is 0 Å². The summed E-state index contributed by atoms with van der Waals surface area (Å²) in [4.78, 5) is 16.3. The molecule has 0 aliphatic carbocycles. The second-order valence-corrected chi connectivity index (χ2v) is 4.91. The molecule has 106 valence electrons. The van der Waals surface area contributed by atoms with Gasteiger partial charge in [-0.15, -0.1) is 0 Å². The molecule has 2 aromatic rings. The van der Waals surface area contributed by atoms with Crippen molar-refractivity contribution in [2.75, 3.05) is 6.61 Å². The zero-order chi connectivity index (χ0) is 14.5. The summed E-state index contributed by atoms with van der Waals surface area (Å²) in [6, 6.07) is 9.47. The van der Waals surface area contributed by atoms with Gasteiger partial charge in [0.25, 0.3) is 5.91 Å². The first kappa shape index (κ1) is 14.3. The van der Waals surface area contributed by atoms with Crippen molar-refractivity contribution in [2.45, 2.75) is 19.9 Å². The molecule has 0 fully saturated rings. The third kappa shape index (κ3) is 3.05. The van der Waals surface area contributed by atoms with Gasteiger partial charge in [-0.2, -0.15) is 0 Å². The summed E-state index contributed by atoms with van der Waals surface area (Å²) >= 11 is 0. The van der Waals surface area contributed by atoms with Crippen LogP contribution in [0.3, 0.4) is 0 Å².